The van der Waals surface area contributed by atoms with Crippen molar-refractivity contribution in [2.45, 2.75) is 39.0 Å². The summed E-state index contributed by atoms with van der Waals surface area (Å²) in [5.41, 5.74) is 3.46. The Balaban J connectivity index is 1.91. The van der Waals surface area contributed by atoms with Crippen molar-refractivity contribution >= 4 is 29.3 Å². The number of para-hydroxylation sites is 1. The largest absolute Gasteiger partial charge is 0.350 e. The molecule has 0 aliphatic carbocycles. The van der Waals surface area contributed by atoms with Gasteiger partial charge in [0.2, 0.25) is 5.91 Å². The molecule has 2 N–H and O–H groups in total. The van der Waals surface area contributed by atoms with Crippen molar-refractivity contribution in [1.82, 2.24) is 5.32 Å². The van der Waals surface area contributed by atoms with Crippen molar-refractivity contribution in [3.8, 4) is 0 Å². The van der Waals surface area contributed by atoms with E-state index in [1.165, 1.54) is 11.1 Å². The molecule has 2 rings (SSSR count). The van der Waals surface area contributed by atoms with Gasteiger partial charge in [-0.2, -0.15) is 0 Å². The van der Waals surface area contributed by atoms with E-state index in [4.69, 9.17) is 0 Å². The Bertz CT molecular complexity index is 761. The molecule has 5 heteroatoms. The molecule has 138 valence electrons. The van der Waals surface area contributed by atoms with E-state index >= 15 is 0 Å². The predicted molar refractivity (Wildman–Crippen MR) is 110 cm³/mol. The number of hydrogen-bond donors (Lipinski definition) is 2. The van der Waals surface area contributed by atoms with Gasteiger partial charge in [-0.3, -0.25) is 9.59 Å². The molecule has 0 bridgehead atoms. The zero-order valence-corrected chi connectivity index (χ0v) is 16.4. The first-order chi connectivity index (χ1) is 12.5. The third-order valence-electron chi connectivity index (χ3n) is 4.02. The highest BCUT2D eigenvalue weighted by molar-refractivity contribution is 7.99. The Labute approximate surface area is 159 Å². The molecule has 0 aliphatic rings. The van der Waals surface area contributed by atoms with Gasteiger partial charge in [0.15, 0.2) is 0 Å². The van der Waals surface area contributed by atoms with Crippen molar-refractivity contribution in [3.05, 3.63) is 65.2 Å². The molecule has 1 unspecified atom stereocenters. The van der Waals surface area contributed by atoms with Crippen LogP contribution < -0.4 is 10.6 Å². The van der Waals surface area contributed by atoms with Gasteiger partial charge in [-0.1, -0.05) is 48.9 Å². The number of thioether (sulfide) groups is 1. The summed E-state index contributed by atoms with van der Waals surface area (Å²) in [5, 5.41) is 5.79. The average Bonchev–Trinajstić information content (AvgIpc) is 2.62. The van der Waals surface area contributed by atoms with Crippen LogP contribution in [0, 0.1) is 6.92 Å². The van der Waals surface area contributed by atoms with E-state index in [1.807, 2.05) is 26.0 Å². The standard InChI is InChI=1S/C21H26N2O2S/c1-4-16(3)22-21(25)18-10-5-6-11-19(18)23-20(24)14-26-13-17-9-7-8-15(2)12-17/h5-12,16H,4,13-14H2,1-3H3,(H,22,25)(H,23,24). The summed E-state index contributed by atoms with van der Waals surface area (Å²) in [7, 11) is 0. The third-order valence-corrected chi connectivity index (χ3v) is 5.02. The Hall–Kier alpha value is -2.27. The van der Waals surface area contributed by atoms with Crippen molar-refractivity contribution < 1.29 is 9.59 Å². The number of aryl methyl sites for hydroxylation is 1. The molecule has 0 aromatic heterocycles. The lowest BCUT2D eigenvalue weighted by atomic mass is 10.1. The lowest BCUT2D eigenvalue weighted by molar-refractivity contribution is -0.113. The molecule has 0 aliphatic heterocycles. The van der Waals surface area contributed by atoms with Gasteiger partial charge < -0.3 is 10.6 Å². The van der Waals surface area contributed by atoms with Crippen molar-refractivity contribution in [2.24, 2.45) is 0 Å². The molecule has 1 atom stereocenters. The van der Waals surface area contributed by atoms with Crippen LogP contribution in [0.5, 0.6) is 0 Å². The number of carbonyl (C=O) groups is 2. The second-order valence-electron chi connectivity index (χ2n) is 6.36. The minimum absolute atomic E-state index is 0.0937. The molecule has 0 fully saturated rings. The molecule has 26 heavy (non-hydrogen) atoms. The number of carbonyl (C=O) groups excluding carboxylic acids is 2. The number of nitrogens with one attached hydrogen (secondary N) is 2. The lowest BCUT2D eigenvalue weighted by Gasteiger charge is -2.14. The van der Waals surface area contributed by atoms with Crippen LogP contribution in [-0.4, -0.2) is 23.6 Å². The van der Waals surface area contributed by atoms with Crippen molar-refractivity contribution in [2.75, 3.05) is 11.1 Å². The van der Waals surface area contributed by atoms with E-state index in [0.29, 0.717) is 17.0 Å². The van der Waals surface area contributed by atoms with Crippen LogP contribution in [0.2, 0.25) is 0 Å². The summed E-state index contributed by atoms with van der Waals surface area (Å²) in [6.45, 7) is 6.04. The number of anilines is 1. The topological polar surface area (TPSA) is 58.2 Å². The van der Waals surface area contributed by atoms with Gasteiger partial charge in [0.25, 0.3) is 5.91 Å². The molecule has 0 heterocycles. The van der Waals surface area contributed by atoms with Crippen LogP contribution in [0.15, 0.2) is 48.5 Å². The molecular formula is C21H26N2O2S. The SMILES string of the molecule is CCC(C)NC(=O)c1ccccc1NC(=O)CSCc1cccc(C)c1. The summed E-state index contributed by atoms with van der Waals surface area (Å²) in [6.07, 6.45) is 0.857. The monoisotopic (exact) mass is 370 g/mol. The van der Waals surface area contributed by atoms with Gasteiger partial charge in [-0.05, 0) is 38.0 Å². The fourth-order valence-electron chi connectivity index (χ4n) is 2.44. The van der Waals surface area contributed by atoms with Crippen LogP contribution >= 0.6 is 11.8 Å². The second kappa shape index (κ2) is 10.0. The Morgan fingerprint density at radius 2 is 1.88 bits per heavy atom. The summed E-state index contributed by atoms with van der Waals surface area (Å²) in [5.74, 6) is 0.856. The third kappa shape index (κ3) is 6.23. The predicted octanol–water partition coefficient (Wildman–Crippen LogP) is 4.40. The highest BCUT2D eigenvalue weighted by Gasteiger charge is 2.14. The maximum atomic E-state index is 12.4. The number of benzene rings is 2. The van der Waals surface area contributed by atoms with Gasteiger partial charge in [-0.15, -0.1) is 11.8 Å². The fraction of sp³-hybridized carbons (Fsp3) is 0.333. The first kappa shape index (κ1) is 20.0. The Morgan fingerprint density at radius 1 is 1.12 bits per heavy atom. The number of rotatable bonds is 8. The zero-order chi connectivity index (χ0) is 18.9. The summed E-state index contributed by atoms with van der Waals surface area (Å²) < 4.78 is 0. The quantitative estimate of drug-likeness (QED) is 0.724. The van der Waals surface area contributed by atoms with E-state index in [1.54, 1.807) is 30.0 Å². The minimum Gasteiger partial charge on any atom is -0.350 e. The first-order valence-electron chi connectivity index (χ1n) is 8.82. The van der Waals surface area contributed by atoms with E-state index in [0.717, 1.165) is 12.2 Å². The molecule has 0 saturated carbocycles. The van der Waals surface area contributed by atoms with Gasteiger partial charge in [-0.25, -0.2) is 0 Å². The van der Waals surface area contributed by atoms with Crippen LogP contribution in [-0.2, 0) is 10.5 Å². The molecule has 2 aromatic rings. The maximum Gasteiger partial charge on any atom is 0.253 e. The van der Waals surface area contributed by atoms with Crippen LogP contribution in [0.4, 0.5) is 5.69 Å². The minimum atomic E-state index is -0.164. The molecule has 2 aromatic carbocycles. The molecule has 0 saturated heterocycles. The van der Waals surface area contributed by atoms with Crippen molar-refractivity contribution in [3.63, 3.8) is 0 Å². The van der Waals surface area contributed by atoms with Gasteiger partial charge in [0, 0.05) is 11.8 Å². The number of amides is 2. The smallest absolute Gasteiger partial charge is 0.253 e. The highest BCUT2D eigenvalue weighted by Crippen LogP contribution is 2.17. The molecule has 2 amide bonds. The van der Waals surface area contributed by atoms with Gasteiger partial charge >= 0.3 is 0 Å². The lowest BCUT2D eigenvalue weighted by Crippen LogP contribution is -2.32. The number of hydrogen-bond acceptors (Lipinski definition) is 3. The average molecular weight is 371 g/mol. The van der Waals surface area contributed by atoms with Gasteiger partial charge in [0.1, 0.15) is 0 Å². The molecule has 4 nitrogen and oxygen atoms in total. The summed E-state index contributed by atoms with van der Waals surface area (Å²) in [6, 6.07) is 15.5. The van der Waals surface area contributed by atoms with Crippen molar-refractivity contribution in [1.29, 1.82) is 0 Å². The van der Waals surface area contributed by atoms with Gasteiger partial charge in [0.05, 0.1) is 17.0 Å². The Morgan fingerprint density at radius 3 is 2.62 bits per heavy atom. The van der Waals surface area contributed by atoms with Crippen LogP contribution in [0.25, 0.3) is 0 Å². The molecule has 0 spiro atoms. The van der Waals surface area contributed by atoms with Crippen LogP contribution in [0.1, 0.15) is 41.8 Å². The van der Waals surface area contributed by atoms with E-state index in [-0.39, 0.29) is 17.9 Å². The molecule has 0 radical (unpaired) electrons. The maximum absolute atomic E-state index is 12.4. The van der Waals surface area contributed by atoms with E-state index in [2.05, 4.69) is 35.8 Å². The summed E-state index contributed by atoms with van der Waals surface area (Å²) >= 11 is 1.56. The van der Waals surface area contributed by atoms with Crippen LogP contribution in [0.3, 0.4) is 0 Å². The van der Waals surface area contributed by atoms with E-state index < -0.39 is 0 Å². The molecular weight excluding hydrogens is 344 g/mol. The summed E-state index contributed by atoms with van der Waals surface area (Å²) in [4.78, 5) is 24.6. The fourth-order valence-corrected chi connectivity index (χ4v) is 3.22. The van der Waals surface area contributed by atoms with E-state index in [9.17, 15) is 9.59 Å². The normalized spacial score (nSPS) is 11.7. The highest BCUT2D eigenvalue weighted by atomic mass is 32.2. The Kier molecular flexibility index (Phi) is 7.73. The first-order valence-corrected chi connectivity index (χ1v) is 9.98. The second-order valence-corrected chi connectivity index (χ2v) is 7.34. The zero-order valence-electron chi connectivity index (χ0n) is 15.5.